The zero-order valence-electron chi connectivity index (χ0n) is 23.7. The van der Waals surface area contributed by atoms with E-state index >= 15 is 0 Å². The van der Waals surface area contributed by atoms with E-state index in [2.05, 4.69) is 65.4 Å². The van der Waals surface area contributed by atoms with Gasteiger partial charge in [0, 0.05) is 35.9 Å². The molecule has 0 amide bonds. The molecule has 0 saturated carbocycles. The maximum Gasteiger partial charge on any atom is 0.151 e. The molecule has 3 heterocycles. The summed E-state index contributed by atoms with van der Waals surface area (Å²) in [4.78, 5) is 2.26. The Bertz CT molecular complexity index is 1370. The summed E-state index contributed by atoms with van der Waals surface area (Å²) in [5.74, 6) is 2.18. The summed E-state index contributed by atoms with van der Waals surface area (Å²) in [5.41, 5.74) is 4.51. The molecule has 0 atom stereocenters. The lowest BCUT2D eigenvalue weighted by molar-refractivity contribution is 0.160. The number of nitrogens with zero attached hydrogens (tertiary/aromatic N) is 4. The van der Waals surface area contributed by atoms with Crippen LogP contribution in [-0.2, 0) is 6.61 Å². The molecule has 1 aliphatic heterocycles. The minimum Gasteiger partial charge on any atom is -0.496 e. The monoisotopic (exact) mass is 526 g/mol. The van der Waals surface area contributed by atoms with Gasteiger partial charge in [-0.15, -0.1) is 10.2 Å². The summed E-state index contributed by atoms with van der Waals surface area (Å²) in [5, 5.41) is 20.1. The van der Waals surface area contributed by atoms with Gasteiger partial charge in [0.1, 0.15) is 23.8 Å². The number of benzene rings is 2. The number of hydrogen-bond donors (Lipinski definition) is 2. The lowest BCUT2D eigenvalue weighted by Crippen LogP contribution is -2.62. The number of anilines is 1. The van der Waals surface area contributed by atoms with E-state index in [-0.39, 0.29) is 11.1 Å². The molecule has 0 unspecified atom stereocenters. The molecule has 2 aromatic heterocycles. The van der Waals surface area contributed by atoms with Crippen LogP contribution in [0.2, 0.25) is 0 Å². The molecule has 204 valence electrons. The van der Waals surface area contributed by atoms with Crippen molar-refractivity contribution in [3.63, 3.8) is 0 Å². The van der Waals surface area contributed by atoms with Crippen molar-refractivity contribution in [1.29, 1.82) is 0 Å². The normalized spacial score (nSPS) is 16.6. The molecular weight excluding hydrogens is 488 g/mol. The fraction of sp³-hybridized carbons (Fsp3) is 0.387. The minimum absolute atomic E-state index is 0.0448. The standard InChI is InChI=1S/C31H38N6O2/c1-30(2)16-24(17-31(3,4)36-30)37(5)28-13-12-25(34-35-28)29-26(38-6)14-22(23-18-32-33-19-23)15-27(29)39-20-21-10-8-7-9-11-21/h7-15,18-19,24,36H,16-17,20H2,1-6H3,(H,32,33). The van der Waals surface area contributed by atoms with E-state index in [4.69, 9.17) is 9.47 Å². The summed E-state index contributed by atoms with van der Waals surface area (Å²) in [6.07, 6.45) is 5.68. The number of aromatic amines is 1. The number of nitrogens with one attached hydrogen (secondary N) is 2. The quantitative estimate of drug-likeness (QED) is 0.297. The highest BCUT2D eigenvalue weighted by molar-refractivity contribution is 5.80. The van der Waals surface area contributed by atoms with Crippen LogP contribution in [0.4, 0.5) is 5.82 Å². The van der Waals surface area contributed by atoms with Gasteiger partial charge in [0.05, 0.1) is 18.9 Å². The molecule has 8 nitrogen and oxygen atoms in total. The number of piperidine rings is 1. The van der Waals surface area contributed by atoms with E-state index in [0.29, 0.717) is 29.8 Å². The Hall–Kier alpha value is -3.91. The van der Waals surface area contributed by atoms with Gasteiger partial charge in [0.25, 0.3) is 0 Å². The van der Waals surface area contributed by atoms with E-state index in [0.717, 1.165) is 40.9 Å². The van der Waals surface area contributed by atoms with Crippen LogP contribution < -0.4 is 19.7 Å². The molecule has 5 rings (SSSR count). The molecule has 2 aromatic carbocycles. The van der Waals surface area contributed by atoms with E-state index in [1.165, 1.54) is 0 Å². The molecule has 4 aromatic rings. The van der Waals surface area contributed by atoms with Crippen LogP contribution in [0, 0.1) is 0 Å². The largest absolute Gasteiger partial charge is 0.496 e. The number of aromatic nitrogens is 4. The van der Waals surface area contributed by atoms with E-state index in [9.17, 15) is 0 Å². The Morgan fingerprint density at radius 1 is 0.923 bits per heavy atom. The van der Waals surface area contributed by atoms with Gasteiger partial charge in [0.2, 0.25) is 0 Å². The van der Waals surface area contributed by atoms with Crippen molar-refractivity contribution in [3.8, 4) is 33.9 Å². The van der Waals surface area contributed by atoms with Crippen molar-refractivity contribution >= 4 is 5.82 Å². The molecule has 1 saturated heterocycles. The second-order valence-electron chi connectivity index (χ2n) is 11.7. The number of ether oxygens (including phenoxy) is 2. The highest BCUT2D eigenvalue weighted by Crippen LogP contribution is 2.42. The minimum atomic E-state index is 0.0448. The third-order valence-corrected chi connectivity index (χ3v) is 7.34. The molecule has 1 fully saturated rings. The highest BCUT2D eigenvalue weighted by atomic mass is 16.5. The maximum atomic E-state index is 6.38. The van der Waals surface area contributed by atoms with Crippen molar-refractivity contribution in [1.82, 2.24) is 25.7 Å². The SMILES string of the molecule is COc1cc(-c2cn[nH]c2)cc(OCc2ccccc2)c1-c1ccc(N(C)C2CC(C)(C)NC(C)(C)C2)nn1. The molecule has 0 bridgehead atoms. The van der Waals surface area contributed by atoms with Gasteiger partial charge < -0.3 is 19.7 Å². The predicted octanol–water partition coefficient (Wildman–Crippen LogP) is 5.87. The summed E-state index contributed by atoms with van der Waals surface area (Å²) < 4.78 is 12.2. The van der Waals surface area contributed by atoms with Gasteiger partial charge in [0.15, 0.2) is 5.82 Å². The zero-order chi connectivity index (χ0) is 27.6. The Kier molecular flexibility index (Phi) is 7.32. The second-order valence-corrected chi connectivity index (χ2v) is 11.7. The first-order valence-corrected chi connectivity index (χ1v) is 13.4. The Balaban J connectivity index is 1.48. The molecule has 2 N–H and O–H groups in total. The van der Waals surface area contributed by atoms with E-state index in [1.807, 2.05) is 60.8 Å². The Labute approximate surface area is 230 Å². The van der Waals surface area contributed by atoms with E-state index < -0.39 is 0 Å². The van der Waals surface area contributed by atoms with Crippen molar-refractivity contribution in [2.24, 2.45) is 0 Å². The zero-order valence-corrected chi connectivity index (χ0v) is 23.7. The number of rotatable bonds is 8. The first-order valence-electron chi connectivity index (χ1n) is 13.4. The van der Waals surface area contributed by atoms with Gasteiger partial charge in [-0.1, -0.05) is 30.3 Å². The molecule has 0 spiro atoms. The van der Waals surface area contributed by atoms with Crippen molar-refractivity contribution in [2.45, 2.75) is 64.3 Å². The number of hydrogen-bond acceptors (Lipinski definition) is 7. The molecule has 39 heavy (non-hydrogen) atoms. The molecule has 0 radical (unpaired) electrons. The van der Waals surface area contributed by atoms with E-state index in [1.54, 1.807) is 13.3 Å². The second kappa shape index (κ2) is 10.7. The van der Waals surface area contributed by atoms with Crippen LogP contribution in [0.5, 0.6) is 11.5 Å². The summed E-state index contributed by atoms with van der Waals surface area (Å²) >= 11 is 0. The molecule has 8 heteroatoms. The molecule has 1 aliphatic rings. The lowest BCUT2D eigenvalue weighted by atomic mass is 9.79. The van der Waals surface area contributed by atoms with Gasteiger partial charge in [-0.05, 0) is 75.9 Å². The Morgan fingerprint density at radius 3 is 2.26 bits per heavy atom. The number of methoxy groups -OCH3 is 1. The first kappa shape index (κ1) is 26.7. The molecular formula is C31H38N6O2. The fourth-order valence-corrected chi connectivity index (χ4v) is 5.80. The third kappa shape index (κ3) is 6.06. The van der Waals surface area contributed by atoms with Gasteiger partial charge >= 0.3 is 0 Å². The first-order chi connectivity index (χ1) is 18.6. The topological polar surface area (TPSA) is 88.2 Å². The predicted molar refractivity (Wildman–Crippen MR) is 155 cm³/mol. The maximum absolute atomic E-state index is 6.38. The van der Waals surface area contributed by atoms with Gasteiger partial charge in [-0.2, -0.15) is 5.10 Å². The Morgan fingerprint density at radius 2 is 1.64 bits per heavy atom. The average Bonchev–Trinajstić information content (AvgIpc) is 3.45. The van der Waals surface area contributed by atoms with Crippen LogP contribution in [0.25, 0.3) is 22.4 Å². The smallest absolute Gasteiger partial charge is 0.151 e. The van der Waals surface area contributed by atoms with Crippen LogP contribution in [0.1, 0.15) is 46.1 Å². The van der Waals surface area contributed by atoms with Crippen LogP contribution >= 0.6 is 0 Å². The average molecular weight is 527 g/mol. The fourth-order valence-electron chi connectivity index (χ4n) is 5.80. The highest BCUT2D eigenvalue weighted by Gasteiger charge is 2.39. The molecule has 0 aliphatic carbocycles. The van der Waals surface area contributed by atoms with Gasteiger partial charge in [-0.3, -0.25) is 5.10 Å². The summed E-state index contributed by atoms with van der Waals surface area (Å²) in [7, 11) is 3.77. The van der Waals surface area contributed by atoms with Gasteiger partial charge in [-0.25, -0.2) is 0 Å². The lowest BCUT2D eigenvalue weighted by Gasteiger charge is -2.49. The summed E-state index contributed by atoms with van der Waals surface area (Å²) in [6.45, 7) is 9.47. The van der Waals surface area contributed by atoms with Crippen molar-refractivity contribution < 1.29 is 9.47 Å². The summed E-state index contributed by atoms with van der Waals surface area (Å²) in [6, 6.07) is 18.5. The van der Waals surface area contributed by atoms with Crippen LogP contribution in [0.3, 0.4) is 0 Å². The van der Waals surface area contributed by atoms with Crippen LogP contribution in [-0.4, -0.2) is 51.7 Å². The van der Waals surface area contributed by atoms with Crippen molar-refractivity contribution in [3.05, 3.63) is 72.6 Å². The number of H-pyrrole nitrogens is 1. The van der Waals surface area contributed by atoms with Crippen molar-refractivity contribution in [2.75, 3.05) is 19.1 Å². The van der Waals surface area contributed by atoms with Crippen LogP contribution in [0.15, 0.2) is 67.0 Å². The third-order valence-electron chi connectivity index (χ3n) is 7.34.